The van der Waals surface area contributed by atoms with Gasteiger partial charge in [0, 0.05) is 0 Å². The van der Waals surface area contributed by atoms with Gasteiger partial charge in [0.15, 0.2) is 0 Å². The van der Waals surface area contributed by atoms with Crippen molar-refractivity contribution in [2.75, 3.05) is 13.2 Å². The van der Waals surface area contributed by atoms with E-state index >= 15 is 0 Å². The highest BCUT2D eigenvalue weighted by molar-refractivity contribution is 8.18. The maximum Gasteiger partial charge on any atom is 0.290 e. The molecule has 1 saturated heterocycles. The number of aliphatic hydroxyl groups is 2. The smallest absolute Gasteiger partial charge is 0.290 e. The molecule has 0 saturated carbocycles. The molecule has 0 aromatic heterocycles. The fourth-order valence-electron chi connectivity index (χ4n) is 4.18. The standard InChI is InChI=1S/C29H29NO6S/c1-17-11-24(36-16-22(32)14-31)12-18(2)27(17)25-6-4-5-21(19(25)3)15-35-23-9-7-20(8-10-23)13-26-28(33)30-29(34)37-26/h4-13,22,31-32H,14-16H2,1-3H3,(H,30,33,34)/b26-13-/t22-/m1/s1. The lowest BCUT2D eigenvalue weighted by Gasteiger charge is -2.18. The molecule has 1 heterocycles. The molecule has 0 aliphatic carbocycles. The van der Waals surface area contributed by atoms with Crippen molar-refractivity contribution >= 4 is 29.0 Å². The van der Waals surface area contributed by atoms with E-state index in [-0.39, 0.29) is 24.4 Å². The van der Waals surface area contributed by atoms with E-state index in [2.05, 4.69) is 18.3 Å². The minimum absolute atomic E-state index is 0.0347. The topological polar surface area (TPSA) is 105 Å². The van der Waals surface area contributed by atoms with Crippen LogP contribution >= 0.6 is 11.8 Å². The van der Waals surface area contributed by atoms with Gasteiger partial charge in [0.05, 0.1) is 11.5 Å². The van der Waals surface area contributed by atoms with Crippen molar-refractivity contribution < 1.29 is 29.3 Å². The summed E-state index contributed by atoms with van der Waals surface area (Å²) in [5.41, 5.74) is 7.33. The van der Waals surface area contributed by atoms with Gasteiger partial charge in [-0.15, -0.1) is 0 Å². The molecule has 192 valence electrons. The summed E-state index contributed by atoms with van der Waals surface area (Å²) in [6, 6.07) is 17.4. The number of ether oxygens (including phenoxy) is 2. The number of amides is 2. The molecule has 8 heteroatoms. The van der Waals surface area contributed by atoms with Crippen molar-refractivity contribution in [1.82, 2.24) is 5.32 Å². The van der Waals surface area contributed by atoms with Gasteiger partial charge >= 0.3 is 0 Å². The lowest BCUT2D eigenvalue weighted by molar-refractivity contribution is -0.115. The van der Waals surface area contributed by atoms with Crippen molar-refractivity contribution in [3.8, 4) is 22.6 Å². The van der Waals surface area contributed by atoms with Gasteiger partial charge in [-0.2, -0.15) is 0 Å². The van der Waals surface area contributed by atoms with Gasteiger partial charge in [-0.1, -0.05) is 30.3 Å². The quantitative estimate of drug-likeness (QED) is 0.345. The number of imide groups is 1. The summed E-state index contributed by atoms with van der Waals surface area (Å²) < 4.78 is 11.7. The summed E-state index contributed by atoms with van der Waals surface area (Å²) in [6.45, 7) is 6.22. The van der Waals surface area contributed by atoms with E-state index in [0.29, 0.717) is 23.0 Å². The van der Waals surface area contributed by atoms with Gasteiger partial charge in [-0.05, 0) is 102 Å². The highest BCUT2D eigenvalue weighted by Crippen LogP contribution is 2.34. The Hall–Kier alpha value is -3.59. The van der Waals surface area contributed by atoms with Crippen LogP contribution in [0.15, 0.2) is 59.5 Å². The molecule has 3 aromatic carbocycles. The van der Waals surface area contributed by atoms with Crippen molar-refractivity contribution in [3.63, 3.8) is 0 Å². The fourth-order valence-corrected chi connectivity index (χ4v) is 4.86. The largest absolute Gasteiger partial charge is 0.491 e. The minimum Gasteiger partial charge on any atom is -0.491 e. The molecule has 0 radical (unpaired) electrons. The van der Waals surface area contributed by atoms with Crippen LogP contribution in [0.2, 0.25) is 0 Å². The maximum atomic E-state index is 11.7. The summed E-state index contributed by atoms with van der Waals surface area (Å²) in [6.07, 6.45) is 0.767. The number of rotatable bonds is 9. The zero-order chi connectivity index (χ0) is 26.5. The van der Waals surface area contributed by atoms with E-state index in [1.54, 1.807) is 6.08 Å². The first kappa shape index (κ1) is 26.5. The van der Waals surface area contributed by atoms with Crippen molar-refractivity contribution in [2.24, 2.45) is 0 Å². The van der Waals surface area contributed by atoms with Gasteiger partial charge in [0.25, 0.3) is 11.1 Å². The van der Waals surface area contributed by atoms with Crippen molar-refractivity contribution in [3.05, 3.63) is 87.3 Å². The number of nitrogens with one attached hydrogen (secondary N) is 1. The van der Waals surface area contributed by atoms with Gasteiger partial charge in [-0.25, -0.2) is 0 Å². The average Bonchev–Trinajstić information content (AvgIpc) is 3.19. The Morgan fingerprint density at radius 1 is 0.973 bits per heavy atom. The summed E-state index contributed by atoms with van der Waals surface area (Å²) in [7, 11) is 0. The maximum absolute atomic E-state index is 11.7. The summed E-state index contributed by atoms with van der Waals surface area (Å²) in [4.78, 5) is 23.4. The molecule has 0 unspecified atom stereocenters. The lowest BCUT2D eigenvalue weighted by atomic mass is 9.90. The van der Waals surface area contributed by atoms with E-state index in [9.17, 15) is 14.7 Å². The number of carbonyl (C=O) groups excluding carboxylic acids is 2. The number of aliphatic hydroxyl groups excluding tert-OH is 2. The molecule has 2 amide bonds. The zero-order valence-corrected chi connectivity index (χ0v) is 21.7. The molecule has 1 fully saturated rings. The third kappa shape index (κ3) is 6.40. The van der Waals surface area contributed by atoms with Crippen LogP contribution in [0.4, 0.5) is 4.79 Å². The SMILES string of the molecule is Cc1cc(OC[C@H](O)CO)cc(C)c1-c1cccc(COc2ccc(/C=C3\SC(=O)NC3=O)cc2)c1C. The Bertz CT molecular complexity index is 1330. The summed E-state index contributed by atoms with van der Waals surface area (Å²) >= 11 is 0.892. The second-order valence-corrected chi connectivity index (χ2v) is 9.89. The van der Waals surface area contributed by atoms with E-state index in [0.717, 1.165) is 50.7 Å². The van der Waals surface area contributed by atoms with Crippen LogP contribution in [0.3, 0.4) is 0 Å². The zero-order valence-electron chi connectivity index (χ0n) is 20.9. The van der Waals surface area contributed by atoms with Crippen LogP contribution in [0.1, 0.15) is 27.8 Å². The number of carbonyl (C=O) groups is 2. The van der Waals surface area contributed by atoms with E-state index in [4.69, 9.17) is 14.6 Å². The Morgan fingerprint density at radius 3 is 2.30 bits per heavy atom. The lowest BCUT2D eigenvalue weighted by Crippen LogP contribution is -2.21. The molecule has 0 spiro atoms. The van der Waals surface area contributed by atoms with Crippen LogP contribution < -0.4 is 14.8 Å². The number of thioether (sulfide) groups is 1. The van der Waals surface area contributed by atoms with Crippen molar-refractivity contribution in [2.45, 2.75) is 33.5 Å². The molecular formula is C29H29NO6S. The summed E-state index contributed by atoms with van der Waals surface area (Å²) in [5.74, 6) is 0.977. The highest BCUT2D eigenvalue weighted by Gasteiger charge is 2.24. The van der Waals surface area contributed by atoms with Gasteiger partial charge < -0.3 is 19.7 Å². The molecule has 0 bridgehead atoms. The van der Waals surface area contributed by atoms with Gasteiger partial charge in [-0.3, -0.25) is 14.9 Å². The van der Waals surface area contributed by atoms with Crippen LogP contribution in [0.5, 0.6) is 11.5 Å². The first-order valence-corrected chi connectivity index (χ1v) is 12.7. The van der Waals surface area contributed by atoms with Crippen LogP contribution in [0.25, 0.3) is 17.2 Å². The molecule has 7 nitrogen and oxygen atoms in total. The normalized spacial score (nSPS) is 15.1. The molecule has 4 rings (SSSR count). The van der Waals surface area contributed by atoms with Crippen molar-refractivity contribution in [1.29, 1.82) is 0 Å². The minimum atomic E-state index is -0.911. The fraction of sp³-hybridized carbons (Fsp3) is 0.241. The Labute approximate surface area is 220 Å². The molecule has 37 heavy (non-hydrogen) atoms. The Balaban J connectivity index is 1.47. The molecule has 1 aliphatic heterocycles. The summed E-state index contributed by atoms with van der Waals surface area (Å²) in [5, 5.41) is 20.5. The molecule has 1 atom stereocenters. The predicted molar refractivity (Wildman–Crippen MR) is 145 cm³/mol. The van der Waals surface area contributed by atoms with E-state index in [1.807, 2.05) is 62.4 Å². The molecule has 3 aromatic rings. The van der Waals surface area contributed by atoms with E-state index in [1.165, 1.54) is 0 Å². The molecule has 1 aliphatic rings. The first-order valence-electron chi connectivity index (χ1n) is 11.8. The number of benzene rings is 3. The first-order chi connectivity index (χ1) is 17.7. The third-order valence-electron chi connectivity index (χ3n) is 6.09. The number of hydrogen-bond donors (Lipinski definition) is 3. The van der Waals surface area contributed by atoms with Crippen LogP contribution in [0, 0.1) is 20.8 Å². The van der Waals surface area contributed by atoms with Crippen LogP contribution in [-0.4, -0.2) is 40.7 Å². The second-order valence-electron chi connectivity index (χ2n) is 8.88. The number of hydrogen-bond acceptors (Lipinski definition) is 7. The van der Waals surface area contributed by atoms with Crippen LogP contribution in [-0.2, 0) is 11.4 Å². The predicted octanol–water partition coefficient (Wildman–Crippen LogP) is 4.91. The van der Waals surface area contributed by atoms with Gasteiger partial charge in [0.2, 0.25) is 0 Å². The second kappa shape index (κ2) is 11.6. The molecular weight excluding hydrogens is 490 g/mol. The average molecular weight is 520 g/mol. The Morgan fingerprint density at radius 2 is 1.68 bits per heavy atom. The monoisotopic (exact) mass is 519 g/mol. The molecule has 3 N–H and O–H groups in total. The number of aryl methyl sites for hydroxylation is 2. The van der Waals surface area contributed by atoms with E-state index < -0.39 is 6.10 Å². The highest BCUT2D eigenvalue weighted by atomic mass is 32.2. The Kier molecular flexibility index (Phi) is 8.33. The third-order valence-corrected chi connectivity index (χ3v) is 6.90. The van der Waals surface area contributed by atoms with Gasteiger partial charge in [0.1, 0.15) is 30.8 Å².